The third kappa shape index (κ3) is 17.3. The highest BCUT2D eigenvalue weighted by Crippen LogP contribution is 2.35. The first-order valence-electron chi connectivity index (χ1n) is 14.3. The fourth-order valence-corrected chi connectivity index (χ4v) is 4.75. The Hall–Kier alpha value is -3.95. The molecule has 0 bridgehead atoms. The number of halogens is 5. The molecule has 2 aromatic heterocycles. The summed E-state index contributed by atoms with van der Waals surface area (Å²) in [5, 5.41) is 24.3. The molecule has 2 aromatic carbocycles. The maximum atomic E-state index is 11.3. The van der Waals surface area contributed by atoms with E-state index in [1.807, 2.05) is 26.8 Å². The number of amides is 2. The number of ether oxygens (including phenoxy) is 1. The number of urea groups is 1. The molecule has 20 heteroatoms. The largest absolute Gasteiger partial charge is 0.424 e. The van der Waals surface area contributed by atoms with Crippen molar-refractivity contribution in [1.82, 2.24) is 35.0 Å². The zero-order chi connectivity index (χ0) is 36.9. The fourth-order valence-electron chi connectivity index (χ4n) is 2.94. The lowest BCUT2D eigenvalue weighted by Crippen LogP contribution is -2.27. The molecule has 0 radical (unpaired) electrons. The molecule has 0 atom stereocenters. The lowest BCUT2D eigenvalue weighted by Gasteiger charge is -2.12. The summed E-state index contributed by atoms with van der Waals surface area (Å²) in [6, 6.07) is 9.96. The molecular weight excluding hydrogens is 831 g/mol. The van der Waals surface area contributed by atoms with E-state index in [1.165, 1.54) is 11.2 Å². The van der Waals surface area contributed by atoms with E-state index in [4.69, 9.17) is 50.5 Å². The van der Waals surface area contributed by atoms with E-state index < -0.39 is 0 Å². The lowest BCUT2D eigenvalue weighted by molar-refractivity contribution is -0.134. The molecule has 15 nitrogen and oxygen atoms in total. The van der Waals surface area contributed by atoms with Crippen LogP contribution in [-0.4, -0.2) is 74.2 Å². The summed E-state index contributed by atoms with van der Waals surface area (Å²) in [4.78, 5) is 39.4. The second kappa shape index (κ2) is 23.4. The van der Waals surface area contributed by atoms with Crippen molar-refractivity contribution in [2.75, 3.05) is 48.9 Å². The normalized spacial score (nSPS) is 9.57. The van der Waals surface area contributed by atoms with Crippen LogP contribution in [0.25, 0.3) is 0 Å². The Morgan fingerprint density at radius 1 is 0.980 bits per heavy atom. The Bertz CT molecular complexity index is 1630. The number of anilines is 4. The fraction of sp³-hybridized carbons (Fsp3) is 0.310. The van der Waals surface area contributed by atoms with E-state index in [2.05, 4.69) is 77.9 Å². The molecule has 0 fully saturated rings. The molecule has 49 heavy (non-hydrogen) atoms. The predicted molar refractivity (Wildman–Crippen MR) is 200 cm³/mol. The van der Waals surface area contributed by atoms with Gasteiger partial charge in [0.1, 0.15) is 6.33 Å². The Labute approximate surface area is 315 Å². The standard InChI is InChI=1S/C11H9Br2NO2.C9H10Cl2N2O.C7H12ClN5.C2H4N4/c1-2-3-10(15)16-11-8(12)4-7(6-14)5-9(11)13;1-13(2)9(14)12-6-3-4-7(10)8(11)5-6;1-3-9-6-11-5(8)12-7(13-6)10-4-2;3-2-4-1-5-6-2/h4-5H,2-3H2,1H3;3-5H,1-2H3,(H,12,14);3-4H2,1-2H3,(H2,9,10,11,12,13);1H,(H3,3,4,5,6). The summed E-state index contributed by atoms with van der Waals surface area (Å²) in [5.74, 6) is 1.48. The Balaban J connectivity index is 0.000000339. The number of nitrogens with two attached hydrogens (primary N) is 1. The van der Waals surface area contributed by atoms with Gasteiger partial charge >= 0.3 is 12.0 Å². The number of nitrogen functional groups attached to an aromatic ring is 1. The number of hydrogen-bond acceptors (Lipinski definition) is 12. The van der Waals surface area contributed by atoms with Gasteiger partial charge in [0.05, 0.1) is 30.6 Å². The number of benzene rings is 2. The number of aromatic amines is 1. The molecule has 0 unspecified atom stereocenters. The van der Waals surface area contributed by atoms with Gasteiger partial charge in [-0.1, -0.05) is 30.1 Å². The van der Waals surface area contributed by atoms with Crippen molar-refractivity contribution in [3.05, 3.63) is 66.5 Å². The van der Waals surface area contributed by atoms with E-state index in [-0.39, 0.29) is 17.3 Å². The van der Waals surface area contributed by atoms with Crippen molar-refractivity contribution in [1.29, 1.82) is 5.26 Å². The third-order valence-electron chi connectivity index (χ3n) is 5.09. The van der Waals surface area contributed by atoms with Crippen LogP contribution in [0.4, 0.5) is 28.3 Å². The van der Waals surface area contributed by atoms with Gasteiger partial charge in [-0.2, -0.15) is 25.3 Å². The smallest absolute Gasteiger partial charge is 0.321 e. The van der Waals surface area contributed by atoms with Gasteiger partial charge in [0.15, 0.2) is 5.75 Å². The maximum Gasteiger partial charge on any atom is 0.321 e. The van der Waals surface area contributed by atoms with Gasteiger partial charge in [-0.25, -0.2) is 14.9 Å². The predicted octanol–water partition coefficient (Wildman–Crippen LogP) is 7.65. The van der Waals surface area contributed by atoms with Gasteiger partial charge in [0, 0.05) is 39.3 Å². The molecule has 6 N–H and O–H groups in total. The summed E-state index contributed by atoms with van der Waals surface area (Å²) < 4.78 is 6.35. The van der Waals surface area contributed by atoms with E-state index >= 15 is 0 Å². The number of carbonyl (C=O) groups excluding carboxylic acids is 2. The first-order chi connectivity index (χ1) is 23.2. The average molecular weight is 866 g/mol. The number of esters is 1. The molecule has 0 saturated heterocycles. The second-order valence-corrected chi connectivity index (χ2v) is 12.1. The van der Waals surface area contributed by atoms with E-state index in [0.29, 0.717) is 60.3 Å². The van der Waals surface area contributed by atoms with Crippen molar-refractivity contribution >= 4 is 102 Å². The van der Waals surface area contributed by atoms with Gasteiger partial charge in [-0.15, -0.1) is 0 Å². The van der Waals surface area contributed by atoms with Gasteiger partial charge < -0.3 is 31.3 Å². The Morgan fingerprint density at radius 2 is 1.57 bits per heavy atom. The van der Waals surface area contributed by atoms with Crippen molar-refractivity contribution in [3.63, 3.8) is 0 Å². The van der Waals surface area contributed by atoms with Gasteiger partial charge in [0.2, 0.25) is 23.1 Å². The number of hydrogen-bond donors (Lipinski definition) is 5. The number of H-pyrrole nitrogens is 1. The third-order valence-corrected chi connectivity index (χ3v) is 7.17. The van der Waals surface area contributed by atoms with Gasteiger partial charge in [0.25, 0.3) is 0 Å². The highest BCUT2D eigenvalue weighted by molar-refractivity contribution is 9.11. The monoisotopic (exact) mass is 862 g/mol. The summed E-state index contributed by atoms with van der Waals surface area (Å²) >= 11 is 23.7. The summed E-state index contributed by atoms with van der Waals surface area (Å²) in [6.45, 7) is 7.34. The number of nitrogens with one attached hydrogen (secondary N) is 4. The van der Waals surface area contributed by atoms with Crippen LogP contribution < -0.4 is 26.4 Å². The van der Waals surface area contributed by atoms with Crippen LogP contribution in [0.2, 0.25) is 15.3 Å². The van der Waals surface area contributed by atoms with Crippen LogP contribution in [-0.2, 0) is 4.79 Å². The van der Waals surface area contributed by atoms with E-state index in [9.17, 15) is 9.59 Å². The van der Waals surface area contributed by atoms with Crippen LogP contribution in [0.3, 0.4) is 0 Å². The van der Waals surface area contributed by atoms with Crippen molar-refractivity contribution < 1.29 is 14.3 Å². The molecule has 0 spiro atoms. The van der Waals surface area contributed by atoms with Crippen LogP contribution >= 0.6 is 66.7 Å². The lowest BCUT2D eigenvalue weighted by atomic mass is 10.2. The molecule has 0 saturated carbocycles. The molecular formula is C29H35Br2Cl3N12O3. The van der Waals surface area contributed by atoms with Gasteiger partial charge in [-0.3, -0.25) is 4.79 Å². The quantitative estimate of drug-likeness (QED) is 0.0854. The van der Waals surface area contributed by atoms with E-state index in [1.54, 1.807) is 44.4 Å². The SMILES string of the molecule is CCCC(=O)Oc1c(Br)cc(C#N)cc1Br.CCNc1nc(Cl)nc(NCC)n1.CN(C)C(=O)Nc1ccc(Cl)c(Cl)c1.Nc1ncn[nH]1. The molecule has 0 aliphatic carbocycles. The minimum atomic E-state index is -0.284. The van der Waals surface area contributed by atoms with E-state index in [0.717, 1.165) is 19.5 Å². The van der Waals surface area contributed by atoms with Crippen LogP contribution in [0.15, 0.2) is 45.6 Å². The number of nitrogens with zero attached hydrogens (tertiary/aromatic N) is 7. The number of aromatic nitrogens is 6. The summed E-state index contributed by atoms with van der Waals surface area (Å²) in [7, 11) is 3.32. The minimum absolute atomic E-state index is 0.196. The zero-order valence-electron chi connectivity index (χ0n) is 27.1. The van der Waals surface area contributed by atoms with Crippen LogP contribution in [0, 0.1) is 11.3 Å². The highest BCUT2D eigenvalue weighted by atomic mass is 79.9. The maximum absolute atomic E-state index is 11.3. The van der Waals surface area contributed by atoms with Crippen molar-refractivity contribution in [3.8, 4) is 11.8 Å². The number of rotatable bonds is 8. The van der Waals surface area contributed by atoms with Crippen molar-refractivity contribution in [2.24, 2.45) is 0 Å². The molecule has 4 aromatic rings. The second-order valence-electron chi connectivity index (χ2n) is 9.24. The molecule has 2 amide bonds. The number of nitriles is 1. The highest BCUT2D eigenvalue weighted by Gasteiger charge is 2.13. The van der Waals surface area contributed by atoms with Gasteiger partial charge in [-0.05, 0) is 94.1 Å². The van der Waals surface area contributed by atoms with Crippen molar-refractivity contribution in [2.45, 2.75) is 33.6 Å². The average Bonchev–Trinajstić information content (AvgIpc) is 3.52. The molecule has 4 rings (SSSR count). The summed E-state index contributed by atoms with van der Waals surface area (Å²) in [5.41, 5.74) is 6.17. The topological polar surface area (TPSA) is 213 Å². The molecule has 0 aliphatic rings. The first kappa shape index (κ1) is 43.1. The van der Waals surface area contributed by atoms with Crippen LogP contribution in [0.1, 0.15) is 39.2 Å². The Kier molecular flexibility index (Phi) is 20.6. The zero-order valence-corrected chi connectivity index (χ0v) is 32.6. The Morgan fingerprint density at radius 3 is 1.98 bits per heavy atom. The number of carbonyl (C=O) groups is 2. The first-order valence-corrected chi connectivity index (χ1v) is 17.0. The summed E-state index contributed by atoms with van der Waals surface area (Å²) in [6.07, 6.45) is 2.47. The molecule has 264 valence electrons. The molecule has 0 aliphatic heterocycles. The molecule has 2 heterocycles. The van der Waals surface area contributed by atoms with Crippen LogP contribution in [0.5, 0.6) is 5.75 Å². The minimum Gasteiger partial charge on any atom is -0.424 e.